The molecule has 0 aliphatic rings. The Hall–Kier alpha value is -0.990. The van der Waals surface area contributed by atoms with E-state index in [1.54, 1.807) is 13.8 Å². The number of aliphatic carboxylic acids is 1. The fraction of sp³-hybridized carbons (Fsp3) is 0.500. The van der Waals surface area contributed by atoms with E-state index in [2.05, 4.69) is 0 Å². The third-order valence-electron chi connectivity index (χ3n) is 1.14. The van der Waals surface area contributed by atoms with Crippen LogP contribution in [0, 0.1) is 0 Å². The summed E-state index contributed by atoms with van der Waals surface area (Å²) in [5.41, 5.74) is 0.502. The molecule has 0 spiro atoms. The Balaban J connectivity index is 4.28. The van der Waals surface area contributed by atoms with E-state index < -0.39 is 11.7 Å². The normalized spacial score (nSPS) is 12.7. The summed E-state index contributed by atoms with van der Waals surface area (Å²) in [6.07, 6.45) is 0.568. The molecule has 0 bridgehead atoms. The largest absolute Gasteiger partial charge is 0.502 e. The first-order valence-electron chi connectivity index (χ1n) is 2.71. The molecule has 0 unspecified atom stereocenters. The average Bonchev–Trinajstić information content (AvgIpc) is 1.84. The summed E-state index contributed by atoms with van der Waals surface area (Å²) in [6, 6.07) is 0. The number of allylic oxidation sites excluding steroid dienone is 1. The van der Waals surface area contributed by atoms with Crippen molar-refractivity contribution < 1.29 is 15.0 Å². The Kier molecular flexibility index (Phi) is 2.78. The topological polar surface area (TPSA) is 57.5 Å². The lowest BCUT2D eigenvalue weighted by molar-refractivity contribution is -0.135. The van der Waals surface area contributed by atoms with Gasteiger partial charge < -0.3 is 10.2 Å². The summed E-state index contributed by atoms with van der Waals surface area (Å²) in [5, 5.41) is 16.9. The highest BCUT2D eigenvalue weighted by Crippen LogP contribution is 2.03. The highest BCUT2D eigenvalue weighted by molar-refractivity contribution is 5.84. The van der Waals surface area contributed by atoms with Crippen LogP contribution in [-0.4, -0.2) is 16.2 Å². The molecule has 0 amide bonds. The summed E-state index contributed by atoms with van der Waals surface area (Å²) >= 11 is 0. The molecule has 0 aromatic heterocycles. The first kappa shape index (κ1) is 8.01. The molecule has 0 aromatic rings. The van der Waals surface area contributed by atoms with Crippen LogP contribution < -0.4 is 0 Å². The third kappa shape index (κ3) is 2.17. The molecule has 0 atom stereocenters. The molecular formula is C6H10O3. The van der Waals surface area contributed by atoms with Crippen molar-refractivity contribution >= 4 is 5.97 Å². The van der Waals surface area contributed by atoms with Gasteiger partial charge >= 0.3 is 5.97 Å². The zero-order valence-electron chi connectivity index (χ0n) is 5.51. The summed E-state index contributed by atoms with van der Waals surface area (Å²) in [4.78, 5) is 9.99. The number of aliphatic hydroxyl groups is 1. The highest BCUT2D eigenvalue weighted by atomic mass is 16.4. The number of carbonyl (C=O) groups is 1. The summed E-state index contributed by atoms with van der Waals surface area (Å²) in [6.45, 7) is 3.37. The zero-order chi connectivity index (χ0) is 7.44. The first-order chi connectivity index (χ1) is 4.09. The molecule has 0 heterocycles. The van der Waals surface area contributed by atoms with E-state index in [0.29, 0.717) is 12.0 Å². The zero-order valence-corrected chi connectivity index (χ0v) is 5.51. The van der Waals surface area contributed by atoms with E-state index in [1.165, 1.54) is 0 Å². The summed E-state index contributed by atoms with van der Waals surface area (Å²) in [7, 11) is 0. The number of rotatable bonds is 2. The molecule has 0 fully saturated rings. The smallest absolute Gasteiger partial charge is 0.370 e. The van der Waals surface area contributed by atoms with Crippen molar-refractivity contribution in [2.75, 3.05) is 0 Å². The van der Waals surface area contributed by atoms with Gasteiger partial charge in [-0.1, -0.05) is 6.92 Å². The van der Waals surface area contributed by atoms with Crippen LogP contribution >= 0.6 is 0 Å². The standard InChI is InChI=1S/C6H10O3/c1-3-4(2)5(7)6(8)9/h7H,3H2,1-2H3,(H,8,9)/b5-4+. The second-order valence-electron chi connectivity index (χ2n) is 1.79. The molecule has 0 radical (unpaired) electrons. The maximum Gasteiger partial charge on any atom is 0.370 e. The number of hydrogen-bond donors (Lipinski definition) is 2. The van der Waals surface area contributed by atoms with E-state index in [4.69, 9.17) is 10.2 Å². The Labute approximate surface area is 53.6 Å². The summed E-state index contributed by atoms with van der Waals surface area (Å²) < 4.78 is 0. The lowest BCUT2D eigenvalue weighted by atomic mass is 10.2. The molecule has 2 N–H and O–H groups in total. The maximum absolute atomic E-state index is 9.99. The van der Waals surface area contributed by atoms with Crippen molar-refractivity contribution in [3.63, 3.8) is 0 Å². The molecule has 0 saturated heterocycles. The quantitative estimate of drug-likeness (QED) is 0.437. The van der Waals surface area contributed by atoms with Crippen molar-refractivity contribution in [1.82, 2.24) is 0 Å². The van der Waals surface area contributed by atoms with Crippen molar-refractivity contribution in [3.8, 4) is 0 Å². The number of carboxylic acid groups (broad SMARTS) is 1. The molecule has 0 saturated carbocycles. The minimum atomic E-state index is -1.26. The Morgan fingerprint density at radius 3 is 2.00 bits per heavy atom. The van der Waals surface area contributed by atoms with Crippen LogP contribution in [0.4, 0.5) is 0 Å². The van der Waals surface area contributed by atoms with Crippen LogP contribution in [0.5, 0.6) is 0 Å². The van der Waals surface area contributed by atoms with Crippen molar-refractivity contribution in [2.45, 2.75) is 20.3 Å². The van der Waals surface area contributed by atoms with Crippen LogP contribution in [0.3, 0.4) is 0 Å². The van der Waals surface area contributed by atoms with Gasteiger partial charge in [0.15, 0.2) is 0 Å². The lowest BCUT2D eigenvalue weighted by Gasteiger charge is -1.95. The van der Waals surface area contributed by atoms with Gasteiger partial charge in [-0.15, -0.1) is 0 Å². The van der Waals surface area contributed by atoms with Gasteiger partial charge in [-0.25, -0.2) is 4.79 Å². The Morgan fingerprint density at radius 1 is 1.44 bits per heavy atom. The average molecular weight is 130 g/mol. The maximum atomic E-state index is 9.99. The second kappa shape index (κ2) is 3.12. The number of aliphatic hydroxyl groups excluding tert-OH is 1. The van der Waals surface area contributed by atoms with E-state index in [1.807, 2.05) is 0 Å². The van der Waals surface area contributed by atoms with Crippen LogP contribution in [0.1, 0.15) is 20.3 Å². The minimum Gasteiger partial charge on any atom is -0.502 e. The molecule has 52 valence electrons. The van der Waals surface area contributed by atoms with Crippen LogP contribution in [0.2, 0.25) is 0 Å². The van der Waals surface area contributed by atoms with Gasteiger partial charge in [0.1, 0.15) is 0 Å². The van der Waals surface area contributed by atoms with Gasteiger partial charge in [0.2, 0.25) is 5.76 Å². The molecule has 0 rings (SSSR count). The first-order valence-corrected chi connectivity index (χ1v) is 2.71. The highest BCUT2D eigenvalue weighted by Gasteiger charge is 2.05. The van der Waals surface area contributed by atoms with Gasteiger partial charge in [-0.3, -0.25) is 0 Å². The SMILES string of the molecule is CC/C(C)=C(/O)C(=O)O. The van der Waals surface area contributed by atoms with Crippen molar-refractivity contribution in [3.05, 3.63) is 11.3 Å². The molecule has 3 nitrogen and oxygen atoms in total. The van der Waals surface area contributed by atoms with E-state index >= 15 is 0 Å². The lowest BCUT2D eigenvalue weighted by Crippen LogP contribution is -2.01. The van der Waals surface area contributed by atoms with Gasteiger partial charge in [-0.05, 0) is 18.9 Å². The van der Waals surface area contributed by atoms with Crippen molar-refractivity contribution in [2.24, 2.45) is 0 Å². The minimum absolute atomic E-state index is 0.502. The van der Waals surface area contributed by atoms with Gasteiger partial charge in [0.25, 0.3) is 0 Å². The van der Waals surface area contributed by atoms with Gasteiger partial charge in [-0.2, -0.15) is 0 Å². The van der Waals surface area contributed by atoms with Gasteiger partial charge in [0, 0.05) is 0 Å². The Bertz CT molecular complexity index is 146. The van der Waals surface area contributed by atoms with Gasteiger partial charge in [0.05, 0.1) is 0 Å². The molecule has 3 heteroatoms. The van der Waals surface area contributed by atoms with E-state index in [-0.39, 0.29) is 0 Å². The van der Waals surface area contributed by atoms with Crippen LogP contribution in [-0.2, 0) is 4.79 Å². The van der Waals surface area contributed by atoms with Crippen molar-refractivity contribution in [1.29, 1.82) is 0 Å². The summed E-state index contributed by atoms with van der Waals surface area (Å²) in [5.74, 6) is -1.79. The van der Waals surface area contributed by atoms with E-state index in [0.717, 1.165) is 0 Å². The molecule has 0 aliphatic heterocycles. The predicted molar refractivity (Wildman–Crippen MR) is 33.3 cm³/mol. The number of hydrogen-bond acceptors (Lipinski definition) is 2. The van der Waals surface area contributed by atoms with E-state index in [9.17, 15) is 4.79 Å². The monoisotopic (exact) mass is 130 g/mol. The second-order valence-corrected chi connectivity index (χ2v) is 1.79. The fourth-order valence-corrected chi connectivity index (χ4v) is 0.350. The Morgan fingerprint density at radius 2 is 1.89 bits per heavy atom. The predicted octanol–water partition coefficient (Wildman–Crippen LogP) is 1.31. The fourth-order valence-electron chi connectivity index (χ4n) is 0.350. The van der Waals surface area contributed by atoms with Crippen LogP contribution in [0.15, 0.2) is 11.3 Å². The molecule has 9 heavy (non-hydrogen) atoms. The number of carboxylic acids is 1. The molecule has 0 aliphatic carbocycles. The molecular weight excluding hydrogens is 120 g/mol. The third-order valence-corrected chi connectivity index (χ3v) is 1.14. The van der Waals surface area contributed by atoms with Crippen LogP contribution in [0.25, 0.3) is 0 Å². The molecule has 0 aromatic carbocycles.